The van der Waals surface area contributed by atoms with Gasteiger partial charge < -0.3 is 14.1 Å². The lowest BCUT2D eigenvalue weighted by molar-refractivity contribution is -0.122. The van der Waals surface area contributed by atoms with Crippen LogP contribution in [0.5, 0.6) is 5.75 Å². The maximum atomic E-state index is 13.0. The summed E-state index contributed by atoms with van der Waals surface area (Å²) in [6, 6.07) is 9.28. The van der Waals surface area contributed by atoms with Gasteiger partial charge in [0, 0.05) is 19.2 Å². The minimum absolute atomic E-state index is 0.198. The fraction of sp³-hybridized carbons (Fsp3) is 0.286. The zero-order valence-electron chi connectivity index (χ0n) is 16.6. The molecular formula is C21H23N3O5. The third-order valence-electron chi connectivity index (χ3n) is 4.48. The molecule has 0 spiro atoms. The fourth-order valence-corrected chi connectivity index (χ4v) is 3.06. The summed E-state index contributed by atoms with van der Waals surface area (Å²) in [5.41, 5.74) is 0.0647. The first-order valence-electron chi connectivity index (χ1n) is 9.48. The van der Waals surface area contributed by atoms with Crippen molar-refractivity contribution in [2.75, 3.05) is 29.5 Å². The molecule has 1 aromatic heterocycles. The van der Waals surface area contributed by atoms with Crippen LogP contribution in [0.2, 0.25) is 0 Å². The summed E-state index contributed by atoms with van der Waals surface area (Å²) in [5.74, 6) is -0.162. The third-order valence-corrected chi connectivity index (χ3v) is 4.48. The van der Waals surface area contributed by atoms with E-state index in [0.717, 1.165) is 18.0 Å². The maximum Gasteiger partial charge on any atom is 0.336 e. The van der Waals surface area contributed by atoms with Crippen LogP contribution in [0.15, 0.2) is 46.4 Å². The number of hydrogen-bond acceptors (Lipinski definition) is 6. The Morgan fingerprint density at radius 2 is 1.79 bits per heavy atom. The molecule has 1 aromatic carbocycles. The predicted octanol–water partition coefficient (Wildman–Crippen LogP) is 3.19. The molecule has 1 fully saturated rings. The average Bonchev–Trinajstić information content (AvgIpc) is 3.16. The quantitative estimate of drug-likeness (QED) is 0.570. The lowest BCUT2D eigenvalue weighted by Gasteiger charge is -2.27. The standard InChI is InChI=1S/C21H23N3O5/c1-4-23(5-2)18-12-11-14(29-18)13-15-19(25)22-21(27)24(20(15)26)16-9-7-8-10-17(16)28-6-3/h7-13H,4-6H2,1-3H3,(H,22,25,27)/b15-13+. The maximum absolute atomic E-state index is 13.0. The molecule has 2 aromatic rings. The molecule has 8 nitrogen and oxygen atoms in total. The second kappa shape index (κ2) is 8.64. The van der Waals surface area contributed by atoms with E-state index in [0.29, 0.717) is 24.0 Å². The molecule has 152 valence electrons. The monoisotopic (exact) mass is 397 g/mol. The third kappa shape index (κ3) is 4.01. The zero-order chi connectivity index (χ0) is 21.0. The Labute approximate surface area is 168 Å². The van der Waals surface area contributed by atoms with E-state index < -0.39 is 17.8 Å². The summed E-state index contributed by atoms with van der Waals surface area (Å²) in [5, 5.41) is 2.20. The normalized spacial score (nSPS) is 15.6. The summed E-state index contributed by atoms with van der Waals surface area (Å²) >= 11 is 0. The SMILES string of the molecule is CCOc1ccccc1N1C(=O)NC(=O)/C(=C\c2ccc(N(CC)CC)o2)C1=O. The highest BCUT2D eigenvalue weighted by Crippen LogP contribution is 2.31. The van der Waals surface area contributed by atoms with Crippen molar-refractivity contribution in [3.63, 3.8) is 0 Å². The van der Waals surface area contributed by atoms with E-state index in [1.165, 1.54) is 6.08 Å². The van der Waals surface area contributed by atoms with Crippen LogP contribution in [0.25, 0.3) is 6.08 Å². The average molecular weight is 397 g/mol. The number of imide groups is 2. The lowest BCUT2D eigenvalue weighted by Crippen LogP contribution is -2.54. The van der Waals surface area contributed by atoms with E-state index in [2.05, 4.69) is 5.32 Å². The minimum Gasteiger partial charge on any atom is -0.492 e. The van der Waals surface area contributed by atoms with Crippen LogP contribution in [-0.4, -0.2) is 37.5 Å². The van der Waals surface area contributed by atoms with Gasteiger partial charge >= 0.3 is 6.03 Å². The first-order chi connectivity index (χ1) is 14.0. The number of carbonyl (C=O) groups is 3. The van der Waals surface area contributed by atoms with Gasteiger partial charge in [-0.15, -0.1) is 0 Å². The number of urea groups is 1. The molecule has 0 atom stereocenters. The predicted molar refractivity (Wildman–Crippen MR) is 109 cm³/mol. The summed E-state index contributed by atoms with van der Waals surface area (Å²) < 4.78 is 11.3. The molecule has 1 saturated heterocycles. The van der Waals surface area contributed by atoms with Crippen LogP contribution in [-0.2, 0) is 9.59 Å². The van der Waals surface area contributed by atoms with Crippen LogP contribution in [0.4, 0.5) is 16.4 Å². The van der Waals surface area contributed by atoms with E-state index in [9.17, 15) is 14.4 Å². The molecule has 4 amide bonds. The molecule has 0 radical (unpaired) electrons. The Kier molecular flexibility index (Phi) is 6.01. The van der Waals surface area contributed by atoms with Crippen LogP contribution < -0.4 is 19.9 Å². The Morgan fingerprint density at radius 1 is 1.07 bits per heavy atom. The van der Waals surface area contributed by atoms with Crippen LogP contribution >= 0.6 is 0 Å². The van der Waals surface area contributed by atoms with Crippen LogP contribution in [0.3, 0.4) is 0 Å². The second-order valence-electron chi connectivity index (χ2n) is 6.21. The first-order valence-corrected chi connectivity index (χ1v) is 9.48. The Balaban J connectivity index is 1.97. The first kappa shape index (κ1) is 20.2. The number of carbonyl (C=O) groups excluding carboxylic acids is 3. The van der Waals surface area contributed by atoms with Crippen molar-refractivity contribution in [3.05, 3.63) is 47.7 Å². The van der Waals surface area contributed by atoms with Gasteiger partial charge in [0.2, 0.25) is 0 Å². The van der Waals surface area contributed by atoms with Gasteiger partial charge in [-0.1, -0.05) is 12.1 Å². The molecular weight excluding hydrogens is 374 g/mol. The minimum atomic E-state index is -0.826. The van der Waals surface area contributed by atoms with Gasteiger partial charge in [-0.3, -0.25) is 14.9 Å². The molecule has 29 heavy (non-hydrogen) atoms. The summed E-state index contributed by atoms with van der Waals surface area (Å²) in [6.07, 6.45) is 1.34. The van der Waals surface area contributed by atoms with Crippen molar-refractivity contribution in [3.8, 4) is 5.75 Å². The highest BCUT2D eigenvalue weighted by atomic mass is 16.5. The van der Waals surface area contributed by atoms with E-state index in [1.807, 2.05) is 18.7 Å². The molecule has 1 N–H and O–H groups in total. The van der Waals surface area contributed by atoms with Crippen molar-refractivity contribution in [2.45, 2.75) is 20.8 Å². The lowest BCUT2D eigenvalue weighted by atomic mass is 10.1. The number of ether oxygens (including phenoxy) is 1. The molecule has 3 rings (SSSR count). The Morgan fingerprint density at radius 3 is 2.48 bits per heavy atom. The number of hydrogen-bond donors (Lipinski definition) is 1. The van der Waals surface area contributed by atoms with Gasteiger partial charge in [0.05, 0.1) is 12.3 Å². The van der Waals surface area contributed by atoms with Crippen molar-refractivity contribution in [1.29, 1.82) is 0 Å². The number of amides is 4. The Hall–Kier alpha value is -3.55. The molecule has 0 bridgehead atoms. The molecule has 1 aliphatic rings. The van der Waals surface area contributed by atoms with Gasteiger partial charge in [0.15, 0.2) is 5.88 Å². The number of anilines is 2. The topological polar surface area (TPSA) is 92.1 Å². The van der Waals surface area contributed by atoms with Gasteiger partial charge in [-0.25, -0.2) is 9.69 Å². The smallest absolute Gasteiger partial charge is 0.336 e. The van der Waals surface area contributed by atoms with E-state index in [4.69, 9.17) is 9.15 Å². The molecule has 1 aliphatic heterocycles. The zero-order valence-corrected chi connectivity index (χ0v) is 16.6. The second-order valence-corrected chi connectivity index (χ2v) is 6.21. The summed E-state index contributed by atoms with van der Waals surface area (Å²) in [6.45, 7) is 7.69. The molecule has 0 unspecified atom stereocenters. The van der Waals surface area contributed by atoms with Gasteiger partial charge in [-0.05, 0) is 45.0 Å². The molecule has 0 saturated carbocycles. The number of furan rings is 1. The number of benzene rings is 1. The fourth-order valence-electron chi connectivity index (χ4n) is 3.06. The van der Waals surface area contributed by atoms with Crippen molar-refractivity contribution < 1.29 is 23.5 Å². The number of para-hydroxylation sites is 2. The van der Waals surface area contributed by atoms with E-state index in [1.54, 1.807) is 43.3 Å². The van der Waals surface area contributed by atoms with Gasteiger partial charge in [-0.2, -0.15) is 0 Å². The van der Waals surface area contributed by atoms with E-state index >= 15 is 0 Å². The van der Waals surface area contributed by atoms with Crippen molar-refractivity contribution >= 4 is 35.5 Å². The van der Waals surface area contributed by atoms with Crippen LogP contribution in [0.1, 0.15) is 26.5 Å². The molecule has 2 heterocycles. The number of barbiturate groups is 1. The summed E-state index contributed by atoms with van der Waals surface area (Å²) in [7, 11) is 0. The highest BCUT2D eigenvalue weighted by Gasteiger charge is 2.38. The van der Waals surface area contributed by atoms with Gasteiger partial charge in [0.1, 0.15) is 17.1 Å². The van der Waals surface area contributed by atoms with Crippen molar-refractivity contribution in [2.24, 2.45) is 0 Å². The van der Waals surface area contributed by atoms with E-state index in [-0.39, 0.29) is 11.3 Å². The van der Waals surface area contributed by atoms with Crippen LogP contribution in [0, 0.1) is 0 Å². The molecule has 8 heteroatoms. The number of nitrogens with zero attached hydrogens (tertiary/aromatic N) is 2. The van der Waals surface area contributed by atoms with Gasteiger partial charge in [0.25, 0.3) is 11.8 Å². The van der Waals surface area contributed by atoms with Crippen molar-refractivity contribution in [1.82, 2.24) is 5.32 Å². The highest BCUT2D eigenvalue weighted by molar-refractivity contribution is 6.39. The Bertz CT molecular complexity index is 959. The largest absolute Gasteiger partial charge is 0.492 e. The summed E-state index contributed by atoms with van der Waals surface area (Å²) in [4.78, 5) is 40.7. The molecule has 0 aliphatic carbocycles. The number of nitrogens with one attached hydrogen (secondary N) is 1. The number of rotatable bonds is 7.